The topological polar surface area (TPSA) is 64.7 Å². The van der Waals surface area contributed by atoms with Crippen molar-refractivity contribution in [3.63, 3.8) is 0 Å². The van der Waals surface area contributed by atoms with Gasteiger partial charge in [0.15, 0.2) is 5.60 Å². The molecule has 1 aromatic rings. The minimum Gasteiger partial charge on any atom is -0.388 e. The lowest BCUT2D eigenvalue weighted by molar-refractivity contribution is -0.0261. The Morgan fingerprint density at radius 1 is 1.25 bits per heavy atom. The van der Waals surface area contributed by atoms with E-state index in [2.05, 4.69) is 51.1 Å². The van der Waals surface area contributed by atoms with Gasteiger partial charge in [0.1, 0.15) is 0 Å². The highest BCUT2D eigenvalue weighted by atomic mass is 16.7. The summed E-state index contributed by atoms with van der Waals surface area (Å²) >= 11 is 0. The number of benzene rings is 1. The van der Waals surface area contributed by atoms with Crippen molar-refractivity contribution in [2.45, 2.75) is 59.5 Å². The van der Waals surface area contributed by atoms with Crippen LogP contribution in [0.15, 0.2) is 58.3 Å². The highest BCUT2D eigenvalue weighted by Crippen LogP contribution is 2.41. The number of carbonyl (C=O) groups is 1. The predicted molar refractivity (Wildman–Crippen MR) is 114 cm³/mol. The van der Waals surface area contributed by atoms with Crippen LogP contribution in [-0.2, 0) is 4.84 Å². The summed E-state index contributed by atoms with van der Waals surface area (Å²) in [6.45, 7) is 10.6. The Balaban J connectivity index is 1.89. The van der Waals surface area contributed by atoms with E-state index >= 15 is 0 Å². The minimum absolute atomic E-state index is 0.171. The fraction of sp³-hybridized carbons (Fsp3) is 0.417. The molecule has 28 heavy (non-hydrogen) atoms. The van der Waals surface area contributed by atoms with Gasteiger partial charge in [0.05, 0.1) is 5.71 Å². The molecule has 4 heteroatoms. The molecule has 1 heterocycles. The van der Waals surface area contributed by atoms with Gasteiger partial charge in [0.25, 0.3) is 0 Å². The largest absolute Gasteiger partial charge is 0.388 e. The van der Waals surface area contributed by atoms with E-state index in [1.807, 2.05) is 19.1 Å². The zero-order valence-electron chi connectivity index (χ0n) is 17.5. The van der Waals surface area contributed by atoms with Crippen molar-refractivity contribution < 1.29 is 9.63 Å². The molecule has 1 aliphatic carbocycles. The maximum absolute atomic E-state index is 11.5. The molecule has 1 aromatic carbocycles. The number of nitrogens with zero attached hydrogens (tertiary/aromatic N) is 1. The molecule has 0 fully saturated rings. The second kappa shape index (κ2) is 7.78. The van der Waals surface area contributed by atoms with Crippen molar-refractivity contribution in [1.82, 2.24) is 0 Å². The van der Waals surface area contributed by atoms with Crippen LogP contribution >= 0.6 is 0 Å². The molecular formula is C24H30N2O2. The lowest BCUT2D eigenvalue weighted by Crippen LogP contribution is -2.35. The molecule has 0 saturated carbocycles. The van der Waals surface area contributed by atoms with Crippen molar-refractivity contribution >= 4 is 11.6 Å². The first kappa shape index (κ1) is 20.1. The number of primary amides is 1. The van der Waals surface area contributed by atoms with E-state index in [9.17, 15) is 4.79 Å². The van der Waals surface area contributed by atoms with E-state index in [4.69, 9.17) is 10.6 Å². The van der Waals surface area contributed by atoms with Crippen molar-refractivity contribution in [1.29, 1.82) is 0 Å². The molecule has 1 aliphatic heterocycles. The number of nitrogens with two attached hydrogens (primary N) is 1. The molecule has 0 aromatic heterocycles. The molecule has 2 aliphatic rings. The van der Waals surface area contributed by atoms with Crippen LogP contribution in [0.2, 0.25) is 0 Å². The molecule has 0 bridgehead atoms. The van der Waals surface area contributed by atoms with Crippen molar-refractivity contribution in [3.05, 3.63) is 69.8 Å². The van der Waals surface area contributed by atoms with Gasteiger partial charge in [-0.05, 0) is 62.4 Å². The Kier molecular flexibility index (Phi) is 5.59. The Hall–Kier alpha value is -2.62. The lowest BCUT2D eigenvalue weighted by atomic mass is 9.77. The minimum atomic E-state index is -0.425. The van der Waals surface area contributed by atoms with Crippen molar-refractivity contribution in [2.24, 2.45) is 16.8 Å². The first-order valence-corrected chi connectivity index (χ1v) is 10.0. The van der Waals surface area contributed by atoms with E-state index in [0.29, 0.717) is 5.56 Å². The Morgan fingerprint density at radius 2 is 2.00 bits per heavy atom. The van der Waals surface area contributed by atoms with Crippen LogP contribution in [-0.4, -0.2) is 17.2 Å². The van der Waals surface area contributed by atoms with Crippen LogP contribution in [0.25, 0.3) is 0 Å². The third-order valence-corrected chi connectivity index (χ3v) is 5.80. The van der Waals surface area contributed by atoms with Gasteiger partial charge in [-0.3, -0.25) is 4.79 Å². The highest BCUT2D eigenvalue weighted by Gasteiger charge is 2.43. The zero-order valence-corrected chi connectivity index (χ0v) is 17.5. The van der Waals surface area contributed by atoms with Gasteiger partial charge in [-0.2, -0.15) is 0 Å². The normalized spacial score (nSPS) is 24.5. The quantitative estimate of drug-likeness (QED) is 0.763. The summed E-state index contributed by atoms with van der Waals surface area (Å²) in [4.78, 5) is 17.6. The van der Waals surface area contributed by atoms with E-state index in [-0.39, 0.29) is 5.92 Å². The number of carbonyl (C=O) groups excluding carboxylic acids is 1. The monoisotopic (exact) mass is 378 g/mol. The first-order valence-electron chi connectivity index (χ1n) is 10.0. The van der Waals surface area contributed by atoms with E-state index in [0.717, 1.165) is 36.1 Å². The highest BCUT2D eigenvalue weighted by molar-refractivity contribution is 6.03. The molecule has 3 rings (SSSR count). The number of rotatable bonds is 5. The molecule has 1 amide bonds. The van der Waals surface area contributed by atoms with Crippen LogP contribution < -0.4 is 5.73 Å². The van der Waals surface area contributed by atoms with Gasteiger partial charge in [0.2, 0.25) is 5.91 Å². The van der Waals surface area contributed by atoms with Gasteiger partial charge >= 0.3 is 0 Å². The van der Waals surface area contributed by atoms with Crippen LogP contribution in [0.4, 0.5) is 0 Å². The number of hydrogen-bond acceptors (Lipinski definition) is 3. The lowest BCUT2D eigenvalue weighted by Gasteiger charge is -2.31. The summed E-state index contributed by atoms with van der Waals surface area (Å²) in [5.74, 6) is -0.237. The number of hydrogen-bond donors (Lipinski definition) is 1. The summed E-state index contributed by atoms with van der Waals surface area (Å²) in [5.41, 5.74) is 12.3. The molecule has 0 saturated heterocycles. The standard InChI is InChI=1S/C24H30N2O2/c1-6-17-10-15(3)11-21(18(7-2)13-17)24(5)14-22(26-28-24)19-8-9-20(23(25)27)16(4)12-19/h8-13,21H,6-7,14H2,1-5H3,(H2,25,27). The van der Waals surface area contributed by atoms with E-state index in [1.54, 1.807) is 6.07 Å². The molecule has 0 radical (unpaired) electrons. The molecule has 2 N–H and O–H groups in total. The number of oxime groups is 1. The van der Waals surface area contributed by atoms with Crippen LogP contribution in [0.3, 0.4) is 0 Å². The Labute approximate surface area is 167 Å². The molecule has 4 nitrogen and oxygen atoms in total. The maximum atomic E-state index is 11.5. The van der Waals surface area contributed by atoms with E-state index in [1.165, 1.54) is 16.7 Å². The first-order chi connectivity index (χ1) is 13.3. The fourth-order valence-electron chi connectivity index (χ4n) is 4.17. The van der Waals surface area contributed by atoms with Gasteiger partial charge in [-0.15, -0.1) is 0 Å². The average Bonchev–Trinajstić information content (AvgIpc) is 2.97. The zero-order chi connectivity index (χ0) is 20.5. The number of aryl methyl sites for hydroxylation is 1. The van der Waals surface area contributed by atoms with Gasteiger partial charge < -0.3 is 10.6 Å². The molecular weight excluding hydrogens is 348 g/mol. The van der Waals surface area contributed by atoms with Crippen LogP contribution in [0.5, 0.6) is 0 Å². The Bertz CT molecular complexity index is 921. The van der Waals surface area contributed by atoms with Crippen LogP contribution in [0.1, 0.15) is 68.4 Å². The average molecular weight is 379 g/mol. The molecule has 0 spiro atoms. The third-order valence-electron chi connectivity index (χ3n) is 5.80. The fourth-order valence-corrected chi connectivity index (χ4v) is 4.17. The second-order valence-electron chi connectivity index (χ2n) is 8.05. The molecule has 148 valence electrons. The summed E-state index contributed by atoms with van der Waals surface area (Å²) < 4.78 is 0. The number of allylic oxidation sites excluding steroid dienone is 4. The predicted octanol–water partition coefficient (Wildman–Crippen LogP) is 5.23. The number of amides is 1. The molecule has 2 unspecified atom stereocenters. The second-order valence-corrected chi connectivity index (χ2v) is 8.05. The van der Waals surface area contributed by atoms with E-state index < -0.39 is 11.5 Å². The van der Waals surface area contributed by atoms with Crippen molar-refractivity contribution in [3.8, 4) is 0 Å². The van der Waals surface area contributed by atoms with Gasteiger partial charge in [-0.25, -0.2) is 0 Å². The third kappa shape index (κ3) is 3.82. The summed E-state index contributed by atoms with van der Waals surface area (Å²) in [6.07, 6.45) is 9.63. The SMILES string of the molecule is CCC1=CC(C)=CC(C2(C)CC(c3ccc(C(N)=O)c(C)c3)=NO2)C(CC)=C1. The summed E-state index contributed by atoms with van der Waals surface area (Å²) in [6, 6.07) is 5.65. The maximum Gasteiger partial charge on any atom is 0.248 e. The summed E-state index contributed by atoms with van der Waals surface area (Å²) in [7, 11) is 0. The Morgan fingerprint density at radius 3 is 2.61 bits per heavy atom. The summed E-state index contributed by atoms with van der Waals surface area (Å²) in [5, 5.41) is 4.44. The smallest absolute Gasteiger partial charge is 0.248 e. The molecule has 2 atom stereocenters. The van der Waals surface area contributed by atoms with Crippen LogP contribution in [0, 0.1) is 12.8 Å². The van der Waals surface area contributed by atoms with Gasteiger partial charge in [0, 0.05) is 17.9 Å². The van der Waals surface area contributed by atoms with Gasteiger partial charge in [-0.1, -0.05) is 54.4 Å². The van der Waals surface area contributed by atoms with Crippen molar-refractivity contribution in [2.75, 3.05) is 0 Å².